The van der Waals surface area contributed by atoms with E-state index < -0.39 is 0 Å². The molecule has 0 unspecified atom stereocenters. The molecule has 0 amide bonds. The van der Waals surface area contributed by atoms with Gasteiger partial charge in [-0.05, 0) is 30.9 Å². The predicted molar refractivity (Wildman–Crippen MR) is 57.7 cm³/mol. The summed E-state index contributed by atoms with van der Waals surface area (Å²) in [6.45, 7) is 2.69. The minimum atomic E-state index is 0.0428. The Labute approximate surface area is 90.1 Å². The molecule has 0 bridgehead atoms. The van der Waals surface area contributed by atoms with E-state index in [-0.39, 0.29) is 6.61 Å². The minimum Gasteiger partial charge on any atom is -0.478 e. The number of rotatable bonds is 5. The van der Waals surface area contributed by atoms with Crippen molar-refractivity contribution in [1.29, 1.82) is 0 Å². The molecule has 82 valence electrons. The van der Waals surface area contributed by atoms with Crippen LogP contribution in [0.4, 0.5) is 0 Å². The molecule has 3 nitrogen and oxygen atoms in total. The highest BCUT2D eigenvalue weighted by atomic mass is 16.5. The molecule has 1 aromatic rings. The third-order valence-electron chi connectivity index (χ3n) is 2.81. The maximum atomic E-state index is 8.99. The summed E-state index contributed by atoms with van der Waals surface area (Å²) in [6.07, 6.45) is 3.86. The molecular formula is C12H17NO2. The molecule has 1 aliphatic carbocycles. The van der Waals surface area contributed by atoms with Crippen LogP contribution in [0.3, 0.4) is 0 Å². The molecular weight excluding hydrogens is 190 g/mol. The van der Waals surface area contributed by atoms with Gasteiger partial charge in [0.1, 0.15) is 0 Å². The number of aryl methyl sites for hydroxylation is 1. The van der Waals surface area contributed by atoms with E-state index in [1.807, 2.05) is 19.1 Å². The smallest absolute Gasteiger partial charge is 0.213 e. The summed E-state index contributed by atoms with van der Waals surface area (Å²) in [5.74, 6) is 1.56. The van der Waals surface area contributed by atoms with Crippen molar-refractivity contribution in [3.63, 3.8) is 0 Å². The van der Waals surface area contributed by atoms with Crippen LogP contribution in [-0.4, -0.2) is 16.7 Å². The standard InChI is InChI=1S/C12H17NO2/c1-9-11(8-14)4-5-12(13-9)15-7-6-10-2-3-10/h4-5,10,14H,2-3,6-8H2,1H3. The fraction of sp³-hybridized carbons (Fsp3) is 0.583. The second kappa shape index (κ2) is 4.62. The number of aromatic nitrogens is 1. The lowest BCUT2D eigenvalue weighted by molar-refractivity contribution is 0.276. The molecule has 1 aliphatic rings. The Morgan fingerprint density at radius 1 is 1.47 bits per heavy atom. The molecule has 0 saturated heterocycles. The molecule has 1 N–H and O–H groups in total. The van der Waals surface area contributed by atoms with Gasteiger partial charge in [0, 0.05) is 11.8 Å². The van der Waals surface area contributed by atoms with Crippen LogP contribution in [0.25, 0.3) is 0 Å². The number of nitrogens with zero attached hydrogens (tertiary/aromatic N) is 1. The molecule has 0 aliphatic heterocycles. The van der Waals surface area contributed by atoms with Gasteiger partial charge in [0.15, 0.2) is 0 Å². The van der Waals surface area contributed by atoms with Crippen molar-refractivity contribution in [2.24, 2.45) is 5.92 Å². The second-order valence-electron chi connectivity index (χ2n) is 4.13. The summed E-state index contributed by atoms with van der Waals surface area (Å²) in [7, 11) is 0. The summed E-state index contributed by atoms with van der Waals surface area (Å²) in [6, 6.07) is 3.69. The molecule has 0 aromatic carbocycles. The summed E-state index contributed by atoms with van der Waals surface area (Å²) in [5, 5.41) is 8.99. The molecule has 1 aromatic heterocycles. The molecule has 2 rings (SSSR count). The van der Waals surface area contributed by atoms with Gasteiger partial charge in [-0.15, -0.1) is 0 Å². The van der Waals surface area contributed by atoms with Crippen LogP contribution in [0.1, 0.15) is 30.5 Å². The van der Waals surface area contributed by atoms with Crippen LogP contribution in [-0.2, 0) is 6.61 Å². The first-order chi connectivity index (χ1) is 7.29. The van der Waals surface area contributed by atoms with E-state index in [2.05, 4.69) is 4.98 Å². The van der Waals surface area contributed by atoms with Crippen LogP contribution < -0.4 is 4.74 Å². The van der Waals surface area contributed by atoms with Gasteiger partial charge < -0.3 is 9.84 Å². The molecule has 3 heteroatoms. The number of pyridine rings is 1. The van der Waals surface area contributed by atoms with E-state index in [4.69, 9.17) is 9.84 Å². The van der Waals surface area contributed by atoms with Crippen LogP contribution in [0.15, 0.2) is 12.1 Å². The van der Waals surface area contributed by atoms with Gasteiger partial charge in [-0.2, -0.15) is 0 Å². The minimum absolute atomic E-state index is 0.0428. The van der Waals surface area contributed by atoms with Gasteiger partial charge in [-0.1, -0.05) is 12.8 Å². The van der Waals surface area contributed by atoms with Crippen LogP contribution in [0.2, 0.25) is 0 Å². The van der Waals surface area contributed by atoms with Gasteiger partial charge in [0.05, 0.1) is 13.2 Å². The molecule has 0 atom stereocenters. The monoisotopic (exact) mass is 207 g/mol. The van der Waals surface area contributed by atoms with E-state index in [0.717, 1.165) is 30.2 Å². The highest BCUT2D eigenvalue weighted by molar-refractivity contribution is 5.24. The van der Waals surface area contributed by atoms with E-state index in [0.29, 0.717) is 5.88 Å². The zero-order valence-corrected chi connectivity index (χ0v) is 9.07. The Kier molecular flexibility index (Phi) is 3.21. The van der Waals surface area contributed by atoms with Crippen molar-refractivity contribution in [3.8, 4) is 5.88 Å². The van der Waals surface area contributed by atoms with Crippen LogP contribution in [0, 0.1) is 12.8 Å². The third kappa shape index (κ3) is 2.93. The predicted octanol–water partition coefficient (Wildman–Crippen LogP) is 2.06. The normalized spacial score (nSPS) is 15.3. The summed E-state index contributed by atoms with van der Waals surface area (Å²) in [4.78, 5) is 4.28. The Hall–Kier alpha value is -1.09. The van der Waals surface area contributed by atoms with E-state index in [1.165, 1.54) is 12.8 Å². The number of ether oxygens (including phenoxy) is 1. The molecule has 1 saturated carbocycles. The topological polar surface area (TPSA) is 42.4 Å². The van der Waals surface area contributed by atoms with Crippen molar-refractivity contribution in [2.75, 3.05) is 6.61 Å². The first kappa shape index (κ1) is 10.4. The maximum Gasteiger partial charge on any atom is 0.213 e. The SMILES string of the molecule is Cc1nc(OCCC2CC2)ccc1CO. The molecule has 1 fully saturated rings. The summed E-state index contributed by atoms with van der Waals surface area (Å²) < 4.78 is 5.54. The number of hydrogen-bond acceptors (Lipinski definition) is 3. The lowest BCUT2D eigenvalue weighted by atomic mass is 10.2. The van der Waals surface area contributed by atoms with E-state index in [9.17, 15) is 0 Å². The Morgan fingerprint density at radius 2 is 2.27 bits per heavy atom. The molecule has 15 heavy (non-hydrogen) atoms. The Bertz CT molecular complexity index is 334. The number of aliphatic hydroxyl groups is 1. The third-order valence-corrected chi connectivity index (χ3v) is 2.81. The zero-order chi connectivity index (χ0) is 10.7. The van der Waals surface area contributed by atoms with Crippen molar-refractivity contribution in [2.45, 2.75) is 32.8 Å². The Balaban J connectivity index is 1.87. The molecule has 1 heterocycles. The van der Waals surface area contributed by atoms with Crippen molar-refractivity contribution >= 4 is 0 Å². The number of aliphatic hydroxyl groups excluding tert-OH is 1. The first-order valence-corrected chi connectivity index (χ1v) is 5.50. The van der Waals surface area contributed by atoms with Crippen molar-refractivity contribution in [3.05, 3.63) is 23.4 Å². The van der Waals surface area contributed by atoms with E-state index in [1.54, 1.807) is 0 Å². The zero-order valence-electron chi connectivity index (χ0n) is 9.07. The van der Waals surface area contributed by atoms with E-state index >= 15 is 0 Å². The molecule has 0 radical (unpaired) electrons. The highest BCUT2D eigenvalue weighted by Gasteiger charge is 2.20. The largest absolute Gasteiger partial charge is 0.478 e. The number of hydrogen-bond donors (Lipinski definition) is 1. The van der Waals surface area contributed by atoms with Crippen LogP contribution >= 0.6 is 0 Å². The van der Waals surface area contributed by atoms with Gasteiger partial charge in [-0.25, -0.2) is 4.98 Å². The highest BCUT2D eigenvalue weighted by Crippen LogP contribution is 2.32. The second-order valence-corrected chi connectivity index (χ2v) is 4.13. The fourth-order valence-electron chi connectivity index (χ4n) is 1.55. The summed E-state index contributed by atoms with van der Waals surface area (Å²) >= 11 is 0. The van der Waals surface area contributed by atoms with Crippen LogP contribution in [0.5, 0.6) is 5.88 Å². The quantitative estimate of drug-likeness (QED) is 0.803. The van der Waals surface area contributed by atoms with Gasteiger partial charge >= 0.3 is 0 Å². The Morgan fingerprint density at radius 3 is 2.87 bits per heavy atom. The molecule has 0 spiro atoms. The lowest BCUT2D eigenvalue weighted by Gasteiger charge is -2.07. The lowest BCUT2D eigenvalue weighted by Crippen LogP contribution is -2.02. The fourth-order valence-corrected chi connectivity index (χ4v) is 1.55. The summed E-state index contributed by atoms with van der Waals surface area (Å²) in [5.41, 5.74) is 1.71. The average Bonchev–Trinajstić information content (AvgIpc) is 3.02. The maximum absolute atomic E-state index is 8.99. The van der Waals surface area contributed by atoms with Gasteiger partial charge in [0.2, 0.25) is 5.88 Å². The average molecular weight is 207 g/mol. The van der Waals surface area contributed by atoms with Crippen molar-refractivity contribution in [1.82, 2.24) is 4.98 Å². The first-order valence-electron chi connectivity index (χ1n) is 5.50. The van der Waals surface area contributed by atoms with Gasteiger partial charge in [-0.3, -0.25) is 0 Å². The van der Waals surface area contributed by atoms with Crippen molar-refractivity contribution < 1.29 is 9.84 Å². The van der Waals surface area contributed by atoms with Gasteiger partial charge in [0.25, 0.3) is 0 Å².